The Balaban J connectivity index is 1.78. The Kier molecular flexibility index (Phi) is 6.54. The van der Waals surface area contributed by atoms with Crippen LogP contribution in [0.1, 0.15) is 42.5 Å². The van der Waals surface area contributed by atoms with Gasteiger partial charge < -0.3 is 10.1 Å². The second-order valence-electron chi connectivity index (χ2n) is 5.53. The maximum Gasteiger partial charge on any atom is 0.343 e. The van der Waals surface area contributed by atoms with Gasteiger partial charge in [-0.25, -0.2) is 14.0 Å². The normalized spacial score (nSPS) is 14.8. The van der Waals surface area contributed by atoms with Gasteiger partial charge in [0.2, 0.25) is 0 Å². The minimum atomic E-state index is -1.07. The zero-order valence-electron chi connectivity index (χ0n) is 12.9. The summed E-state index contributed by atoms with van der Waals surface area (Å²) in [5.41, 5.74) is -0.446. The third-order valence-electron chi connectivity index (χ3n) is 3.69. The number of carbonyl (C=O) groups is 3. The number of amides is 3. The molecule has 1 aromatic carbocycles. The maximum atomic E-state index is 13.5. The molecule has 0 spiro atoms. The van der Waals surface area contributed by atoms with Crippen molar-refractivity contribution in [2.45, 2.75) is 38.1 Å². The summed E-state index contributed by atoms with van der Waals surface area (Å²) >= 11 is 5.73. The van der Waals surface area contributed by atoms with Crippen LogP contribution in [0.3, 0.4) is 0 Å². The molecule has 0 atom stereocenters. The molecule has 0 aliphatic heterocycles. The number of benzene rings is 1. The molecule has 1 fully saturated rings. The Morgan fingerprint density at radius 3 is 2.58 bits per heavy atom. The predicted molar refractivity (Wildman–Crippen MR) is 85.2 cm³/mol. The van der Waals surface area contributed by atoms with Crippen LogP contribution in [-0.2, 0) is 9.53 Å². The molecule has 0 bridgehead atoms. The highest BCUT2D eigenvalue weighted by Gasteiger charge is 2.20. The first-order valence-corrected chi connectivity index (χ1v) is 8.06. The van der Waals surface area contributed by atoms with E-state index in [9.17, 15) is 18.8 Å². The van der Waals surface area contributed by atoms with Gasteiger partial charge >= 0.3 is 12.0 Å². The molecule has 1 aliphatic carbocycles. The van der Waals surface area contributed by atoms with Crippen molar-refractivity contribution in [3.63, 3.8) is 0 Å². The number of halogens is 2. The molecule has 1 aromatic rings. The fourth-order valence-corrected chi connectivity index (χ4v) is 2.77. The SMILES string of the molecule is O=C(COC(=O)c1c(F)cccc1Cl)NC(=O)NC1CCCCC1. The number of ether oxygens (including phenoxy) is 1. The molecule has 24 heavy (non-hydrogen) atoms. The van der Waals surface area contributed by atoms with Crippen molar-refractivity contribution in [3.05, 3.63) is 34.6 Å². The summed E-state index contributed by atoms with van der Waals surface area (Å²) in [5, 5.41) is 4.65. The Morgan fingerprint density at radius 2 is 1.92 bits per heavy atom. The monoisotopic (exact) mass is 356 g/mol. The highest BCUT2D eigenvalue weighted by atomic mass is 35.5. The standard InChI is InChI=1S/C16H18ClFN2O4/c17-11-7-4-8-12(18)14(11)15(22)24-9-13(21)20-16(23)19-10-5-2-1-3-6-10/h4,7-8,10H,1-3,5-6,9H2,(H2,19,20,21,23). The van der Waals surface area contributed by atoms with Gasteiger partial charge in [0.25, 0.3) is 5.91 Å². The molecule has 1 aliphatic rings. The summed E-state index contributed by atoms with van der Waals surface area (Å²) < 4.78 is 18.2. The lowest BCUT2D eigenvalue weighted by atomic mass is 9.96. The Morgan fingerprint density at radius 1 is 1.21 bits per heavy atom. The van der Waals surface area contributed by atoms with Gasteiger partial charge in [0.05, 0.1) is 5.02 Å². The summed E-state index contributed by atoms with van der Waals surface area (Å²) in [6, 6.07) is 3.15. The van der Waals surface area contributed by atoms with Crippen LogP contribution in [-0.4, -0.2) is 30.6 Å². The van der Waals surface area contributed by atoms with Gasteiger partial charge in [0.15, 0.2) is 6.61 Å². The van der Waals surface area contributed by atoms with E-state index in [1.54, 1.807) is 0 Å². The molecule has 0 heterocycles. The summed E-state index contributed by atoms with van der Waals surface area (Å²) in [6.07, 6.45) is 4.98. The molecule has 8 heteroatoms. The summed E-state index contributed by atoms with van der Waals surface area (Å²) in [5.74, 6) is -2.71. The number of esters is 1. The van der Waals surface area contributed by atoms with Crippen molar-refractivity contribution in [1.29, 1.82) is 0 Å². The van der Waals surface area contributed by atoms with Gasteiger partial charge in [-0.2, -0.15) is 0 Å². The van der Waals surface area contributed by atoms with E-state index in [2.05, 4.69) is 15.4 Å². The van der Waals surface area contributed by atoms with Crippen LogP contribution in [0.2, 0.25) is 5.02 Å². The van der Waals surface area contributed by atoms with Crippen molar-refractivity contribution in [1.82, 2.24) is 10.6 Å². The molecule has 3 amide bonds. The van der Waals surface area contributed by atoms with Gasteiger partial charge in [0.1, 0.15) is 11.4 Å². The van der Waals surface area contributed by atoms with Crippen molar-refractivity contribution >= 4 is 29.5 Å². The average Bonchev–Trinajstić information content (AvgIpc) is 2.53. The van der Waals surface area contributed by atoms with Crippen LogP contribution < -0.4 is 10.6 Å². The molecular weight excluding hydrogens is 339 g/mol. The maximum absolute atomic E-state index is 13.5. The van der Waals surface area contributed by atoms with Crippen molar-refractivity contribution in [2.24, 2.45) is 0 Å². The fourth-order valence-electron chi connectivity index (χ4n) is 2.53. The van der Waals surface area contributed by atoms with Gasteiger partial charge in [-0.15, -0.1) is 0 Å². The third-order valence-corrected chi connectivity index (χ3v) is 4.01. The summed E-state index contributed by atoms with van der Waals surface area (Å²) in [4.78, 5) is 35.1. The Bertz CT molecular complexity index is 612. The number of rotatable bonds is 4. The number of carbonyl (C=O) groups excluding carboxylic acids is 3. The molecule has 130 valence electrons. The summed E-state index contributed by atoms with van der Waals surface area (Å²) in [7, 11) is 0. The van der Waals surface area contributed by atoms with E-state index in [4.69, 9.17) is 11.6 Å². The lowest BCUT2D eigenvalue weighted by molar-refractivity contribution is -0.123. The zero-order valence-corrected chi connectivity index (χ0v) is 13.7. The lowest BCUT2D eigenvalue weighted by Crippen LogP contribution is -2.46. The van der Waals surface area contributed by atoms with Crippen LogP contribution in [0.5, 0.6) is 0 Å². The number of urea groups is 1. The minimum Gasteiger partial charge on any atom is -0.452 e. The molecule has 0 aromatic heterocycles. The number of imide groups is 1. The van der Waals surface area contributed by atoms with E-state index in [1.807, 2.05) is 0 Å². The fraction of sp³-hybridized carbons (Fsp3) is 0.438. The predicted octanol–water partition coefficient (Wildman–Crippen LogP) is 2.79. The van der Waals surface area contributed by atoms with Crippen LogP contribution in [0.15, 0.2) is 18.2 Å². The number of hydrogen-bond acceptors (Lipinski definition) is 4. The van der Waals surface area contributed by atoms with Gasteiger partial charge in [-0.1, -0.05) is 36.9 Å². The Labute approximate surface area is 143 Å². The van der Waals surface area contributed by atoms with Crippen LogP contribution in [0.25, 0.3) is 0 Å². The van der Waals surface area contributed by atoms with E-state index in [-0.39, 0.29) is 11.1 Å². The topological polar surface area (TPSA) is 84.5 Å². The second-order valence-corrected chi connectivity index (χ2v) is 5.94. The molecule has 2 N–H and O–H groups in total. The van der Waals surface area contributed by atoms with E-state index in [0.717, 1.165) is 38.2 Å². The number of hydrogen-bond donors (Lipinski definition) is 2. The quantitative estimate of drug-likeness (QED) is 0.812. The van der Waals surface area contributed by atoms with Crippen LogP contribution in [0.4, 0.5) is 9.18 Å². The molecule has 2 rings (SSSR count). The minimum absolute atomic E-state index is 0.0475. The average molecular weight is 357 g/mol. The highest BCUT2D eigenvalue weighted by molar-refractivity contribution is 6.33. The molecule has 1 saturated carbocycles. The van der Waals surface area contributed by atoms with Gasteiger partial charge in [-0.05, 0) is 25.0 Å². The van der Waals surface area contributed by atoms with E-state index in [0.29, 0.717) is 0 Å². The highest BCUT2D eigenvalue weighted by Crippen LogP contribution is 2.19. The second kappa shape index (κ2) is 8.63. The van der Waals surface area contributed by atoms with Crippen LogP contribution in [0, 0.1) is 5.82 Å². The third kappa shape index (κ3) is 5.19. The van der Waals surface area contributed by atoms with Crippen LogP contribution >= 0.6 is 11.6 Å². The van der Waals surface area contributed by atoms with E-state index < -0.39 is 35.9 Å². The largest absolute Gasteiger partial charge is 0.452 e. The smallest absolute Gasteiger partial charge is 0.343 e. The van der Waals surface area contributed by atoms with E-state index >= 15 is 0 Å². The molecule has 0 radical (unpaired) electrons. The van der Waals surface area contributed by atoms with Crippen molar-refractivity contribution in [3.8, 4) is 0 Å². The van der Waals surface area contributed by atoms with Crippen molar-refractivity contribution in [2.75, 3.05) is 6.61 Å². The first-order chi connectivity index (χ1) is 11.5. The Hall–Kier alpha value is -2.15. The lowest BCUT2D eigenvalue weighted by Gasteiger charge is -2.22. The first-order valence-electron chi connectivity index (χ1n) is 7.69. The van der Waals surface area contributed by atoms with Gasteiger partial charge in [0, 0.05) is 6.04 Å². The molecule has 6 nitrogen and oxygen atoms in total. The molecular formula is C16H18ClFN2O4. The first kappa shape index (κ1) is 18.2. The number of nitrogens with one attached hydrogen (secondary N) is 2. The van der Waals surface area contributed by atoms with Gasteiger partial charge in [-0.3, -0.25) is 10.1 Å². The van der Waals surface area contributed by atoms with E-state index in [1.165, 1.54) is 12.1 Å². The summed E-state index contributed by atoms with van der Waals surface area (Å²) in [6.45, 7) is -0.707. The molecule has 0 unspecified atom stereocenters. The molecule has 0 saturated heterocycles. The van der Waals surface area contributed by atoms with Crippen molar-refractivity contribution < 1.29 is 23.5 Å². The zero-order chi connectivity index (χ0) is 17.5.